The maximum Gasteiger partial charge on any atom is 0.0380 e. The van der Waals surface area contributed by atoms with Crippen molar-refractivity contribution in [3.8, 4) is 0 Å². The summed E-state index contributed by atoms with van der Waals surface area (Å²) in [5, 5.41) is 5.82. The molecule has 1 saturated carbocycles. The van der Waals surface area contributed by atoms with Crippen molar-refractivity contribution >= 4 is 6.72 Å². The lowest BCUT2D eigenvalue weighted by Crippen LogP contribution is -2.09. The first kappa shape index (κ1) is 9.30. The lowest BCUT2D eigenvalue weighted by molar-refractivity contribution is 0.414. The van der Waals surface area contributed by atoms with Crippen molar-refractivity contribution in [2.24, 2.45) is 5.10 Å². The number of allylic oxidation sites excluding steroid dienone is 1. The molecule has 0 aliphatic heterocycles. The molecule has 2 nitrogen and oxygen atoms in total. The highest BCUT2D eigenvalue weighted by Gasteiger charge is 2.05. The van der Waals surface area contributed by atoms with E-state index in [4.69, 9.17) is 0 Å². The van der Waals surface area contributed by atoms with Gasteiger partial charge < -0.3 is 0 Å². The van der Waals surface area contributed by atoms with Crippen LogP contribution in [0.3, 0.4) is 0 Å². The van der Waals surface area contributed by atoms with E-state index < -0.39 is 0 Å². The lowest BCUT2D eigenvalue weighted by Gasteiger charge is -2.17. The molecule has 0 amide bonds. The molecule has 1 rings (SSSR count). The van der Waals surface area contributed by atoms with E-state index in [1.807, 2.05) is 5.01 Å². The zero-order valence-corrected chi connectivity index (χ0v) is 7.92. The Morgan fingerprint density at radius 2 is 2.08 bits per heavy atom. The topological polar surface area (TPSA) is 15.6 Å². The van der Waals surface area contributed by atoms with Gasteiger partial charge in [0.2, 0.25) is 0 Å². The van der Waals surface area contributed by atoms with Crippen LogP contribution < -0.4 is 0 Å². The first-order valence-electron chi connectivity index (χ1n) is 4.79. The predicted octanol–water partition coefficient (Wildman–Crippen LogP) is 2.77. The largest absolute Gasteiger partial charge is 0.274 e. The van der Waals surface area contributed by atoms with E-state index in [0.29, 0.717) is 0 Å². The SMILES string of the molecule is C=NN(C=C1CCCCC1)CC. The van der Waals surface area contributed by atoms with E-state index in [9.17, 15) is 0 Å². The van der Waals surface area contributed by atoms with Gasteiger partial charge in [0.25, 0.3) is 0 Å². The summed E-state index contributed by atoms with van der Waals surface area (Å²) < 4.78 is 0. The third kappa shape index (κ3) is 2.68. The average molecular weight is 166 g/mol. The third-order valence-electron chi connectivity index (χ3n) is 2.33. The fourth-order valence-electron chi connectivity index (χ4n) is 1.58. The molecule has 0 aromatic heterocycles. The Morgan fingerprint density at radius 1 is 1.42 bits per heavy atom. The van der Waals surface area contributed by atoms with Crippen LogP contribution in [0, 0.1) is 0 Å². The first-order valence-corrected chi connectivity index (χ1v) is 4.79. The van der Waals surface area contributed by atoms with Crippen LogP contribution in [0.15, 0.2) is 16.9 Å². The van der Waals surface area contributed by atoms with E-state index >= 15 is 0 Å². The van der Waals surface area contributed by atoms with Gasteiger partial charge in [0.1, 0.15) is 0 Å². The zero-order chi connectivity index (χ0) is 8.81. The minimum atomic E-state index is 0.924. The van der Waals surface area contributed by atoms with E-state index in [-0.39, 0.29) is 0 Å². The molecule has 1 aliphatic carbocycles. The minimum absolute atomic E-state index is 0.924. The van der Waals surface area contributed by atoms with Crippen LogP contribution in [-0.2, 0) is 0 Å². The monoisotopic (exact) mass is 166 g/mol. The summed E-state index contributed by atoms with van der Waals surface area (Å²) in [4.78, 5) is 0. The maximum atomic E-state index is 3.91. The van der Waals surface area contributed by atoms with Crippen molar-refractivity contribution < 1.29 is 0 Å². The standard InChI is InChI=1S/C10H18N2/c1-3-12(11-2)9-10-7-5-4-6-8-10/h9H,2-8H2,1H3. The molecule has 0 bridgehead atoms. The molecule has 0 aromatic rings. The molecule has 0 spiro atoms. The molecule has 0 saturated heterocycles. The summed E-state index contributed by atoms with van der Waals surface area (Å²) in [5.41, 5.74) is 1.54. The third-order valence-corrected chi connectivity index (χ3v) is 2.33. The molecule has 12 heavy (non-hydrogen) atoms. The highest BCUT2D eigenvalue weighted by molar-refractivity contribution is 5.23. The first-order chi connectivity index (χ1) is 5.86. The second-order valence-corrected chi connectivity index (χ2v) is 3.25. The Hall–Kier alpha value is -0.790. The van der Waals surface area contributed by atoms with Gasteiger partial charge in [-0.2, -0.15) is 5.10 Å². The molecule has 2 heteroatoms. The van der Waals surface area contributed by atoms with E-state index in [1.165, 1.54) is 37.7 Å². The molecule has 1 fully saturated rings. The van der Waals surface area contributed by atoms with Crippen molar-refractivity contribution in [3.63, 3.8) is 0 Å². The predicted molar refractivity (Wildman–Crippen MR) is 53.1 cm³/mol. The smallest absolute Gasteiger partial charge is 0.0380 e. The van der Waals surface area contributed by atoms with Crippen molar-refractivity contribution in [3.05, 3.63) is 11.8 Å². The van der Waals surface area contributed by atoms with E-state index in [1.54, 1.807) is 0 Å². The fraction of sp³-hybridized carbons (Fsp3) is 0.700. The van der Waals surface area contributed by atoms with Gasteiger partial charge >= 0.3 is 0 Å². The Morgan fingerprint density at radius 3 is 2.58 bits per heavy atom. The molecule has 0 aromatic carbocycles. The number of hydrogen-bond donors (Lipinski definition) is 0. The summed E-state index contributed by atoms with van der Waals surface area (Å²) >= 11 is 0. The second kappa shape index (κ2) is 4.96. The van der Waals surface area contributed by atoms with Crippen LogP contribution in [0.2, 0.25) is 0 Å². The average Bonchev–Trinajstić information content (AvgIpc) is 2.16. The van der Waals surface area contributed by atoms with E-state index in [2.05, 4.69) is 24.9 Å². The molecule has 0 N–H and O–H groups in total. The Kier molecular flexibility index (Phi) is 3.85. The summed E-state index contributed by atoms with van der Waals surface area (Å²) in [6, 6.07) is 0. The molecular formula is C10H18N2. The normalized spacial score (nSPS) is 17.2. The number of rotatable bonds is 3. The summed E-state index contributed by atoms with van der Waals surface area (Å²) in [7, 11) is 0. The van der Waals surface area contributed by atoms with Crippen LogP contribution in [0.25, 0.3) is 0 Å². The number of nitrogens with zero attached hydrogens (tertiary/aromatic N) is 2. The minimum Gasteiger partial charge on any atom is -0.274 e. The Bertz CT molecular complexity index is 165. The molecule has 0 unspecified atom stereocenters. The van der Waals surface area contributed by atoms with Gasteiger partial charge in [-0.1, -0.05) is 12.0 Å². The number of hydrogen-bond acceptors (Lipinski definition) is 2. The lowest BCUT2D eigenvalue weighted by atomic mass is 9.96. The summed E-state index contributed by atoms with van der Waals surface area (Å²) in [6.45, 7) is 6.54. The molecular weight excluding hydrogens is 148 g/mol. The number of hydrazone groups is 1. The van der Waals surface area contributed by atoms with Crippen LogP contribution in [-0.4, -0.2) is 18.3 Å². The van der Waals surface area contributed by atoms with Crippen molar-refractivity contribution in [1.82, 2.24) is 5.01 Å². The Labute approximate surface area is 75.0 Å². The van der Waals surface area contributed by atoms with Crippen LogP contribution in [0.4, 0.5) is 0 Å². The van der Waals surface area contributed by atoms with Crippen LogP contribution >= 0.6 is 0 Å². The van der Waals surface area contributed by atoms with Gasteiger partial charge in [-0.3, -0.25) is 5.01 Å². The van der Waals surface area contributed by atoms with Crippen molar-refractivity contribution in [2.75, 3.05) is 6.54 Å². The Balaban J connectivity index is 2.46. The molecule has 1 aliphatic rings. The quantitative estimate of drug-likeness (QED) is 0.465. The second-order valence-electron chi connectivity index (χ2n) is 3.25. The fourth-order valence-corrected chi connectivity index (χ4v) is 1.58. The van der Waals surface area contributed by atoms with Crippen LogP contribution in [0.1, 0.15) is 39.0 Å². The maximum absolute atomic E-state index is 3.91. The van der Waals surface area contributed by atoms with Gasteiger partial charge in [0, 0.05) is 19.5 Å². The van der Waals surface area contributed by atoms with Gasteiger partial charge in [-0.15, -0.1) is 0 Å². The zero-order valence-electron chi connectivity index (χ0n) is 7.92. The molecule has 0 radical (unpaired) electrons. The molecule has 0 heterocycles. The van der Waals surface area contributed by atoms with Crippen molar-refractivity contribution in [1.29, 1.82) is 0 Å². The highest BCUT2D eigenvalue weighted by Crippen LogP contribution is 2.22. The molecule has 68 valence electrons. The van der Waals surface area contributed by atoms with Crippen LogP contribution in [0.5, 0.6) is 0 Å². The molecule has 0 atom stereocenters. The van der Waals surface area contributed by atoms with Gasteiger partial charge in [0.05, 0.1) is 0 Å². The summed E-state index contributed by atoms with van der Waals surface area (Å²) in [5.74, 6) is 0. The van der Waals surface area contributed by atoms with Crippen molar-refractivity contribution in [2.45, 2.75) is 39.0 Å². The van der Waals surface area contributed by atoms with Gasteiger partial charge in [-0.05, 0) is 32.6 Å². The van der Waals surface area contributed by atoms with E-state index in [0.717, 1.165) is 6.54 Å². The van der Waals surface area contributed by atoms with Gasteiger partial charge in [-0.25, -0.2) is 0 Å². The summed E-state index contributed by atoms with van der Waals surface area (Å²) in [6.07, 6.45) is 8.76. The van der Waals surface area contributed by atoms with Gasteiger partial charge in [0.15, 0.2) is 0 Å². The highest BCUT2D eigenvalue weighted by atomic mass is 15.4.